The van der Waals surface area contributed by atoms with E-state index in [0.717, 1.165) is 5.82 Å². The summed E-state index contributed by atoms with van der Waals surface area (Å²) in [5.74, 6) is 0.738. The summed E-state index contributed by atoms with van der Waals surface area (Å²) in [5, 5.41) is 20.3. The molecule has 0 atom stereocenters. The molecule has 2 aromatic rings. The number of anilines is 1. The van der Waals surface area contributed by atoms with Gasteiger partial charge in [-0.2, -0.15) is 5.10 Å². The molecular weight excluding hydrogens is 302 g/mol. The average molecular weight is 312 g/mol. The molecule has 0 spiro atoms. The van der Waals surface area contributed by atoms with Crippen molar-refractivity contribution < 1.29 is 4.92 Å². The van der Waals surface area contributed by atoms with E-state index in [1.54, 1.807) is 12.1 Å². The van der Waals surface area contributed by atoms with Crippen molar-refractivity contribution in [1.29, 1.82) is 0 Å². The van der Waals surface area contributed by atoms with E-state index in [0.29, 0.717) is 23.1 Å². The van der Waals surface area contributed by atoms with Crippen LogP contribution in [0.3, 0.4) is 0 Å². The van der Waals surface area contributed by atoms with Crippen LogP contribution in [0.15, 0.2) is 29.0 Å². The summed E-state index contributed by atoms with van der Waals surface area (Å²) in [6, 6.07) is 4.89. The number of benzene rings is 1. The van der Waals surface area contributed by atoms with Crippen molar-refractivity contribution in [3.8, 4) is 0 Å². The van der Waals surface area contributed by atoms with Gasteiger partial charge in [-0.1, -0.05) is 15.9 Å². The van der Waals surface area contributed by atoms with Crippen LogP contribution in [0.4, 0.5) is 11.4 Å². The number of hydrogen-bond donors (Lipinski definition) is 2. The van der Waals surface area contributed by atoms with E-state index in [1.165, 1.54) is 12.4 Å². The Morgan fingerprint density at radius 1 is 1.50 bits per heavy atom. The SMILES string of the molecule is O=[N+]([O-])c1cc(Br)ccc1NCCc1ncn[nH]1. The zero-order chi connectivity index (χ0) is 13.0. The van der Waals surface area contributed by atoms with Gasteiger partial charge < -0.3 is 5.32 Å². The van der Waals surface area contributed by atoms with E-state index in [1.807, 2.05) is 0 Å². The van der Waals surface area contributed by atoms with Gasteiger partial charge in [0.05, 0.1) is 4.92 Å². The second kappa shape index (κ2) is 5.58. The van der Waals surface area contributed by atoms with E-state index in [2.05, 4.69) is 36.4 Å². The van der Waals surface area contributed by atoms with Gasteiger partial charge in [-0.05, 0) is 12.1 Å². The van der Waals surface area contributed by atoms with Gasteiger partial charge in [0.25, 0.3) is 5.69 Å². The molecule has 1 aromatic carbocycles. The molecule has 1 aromatic heterocycles. The van der Waals surface area contributed by atoms with E-state index in [9.17, 15) is 10.1 Å². The number of rotatable bonds is 5. The van der Waals surface area contributed by atoms with Crippen LogP contribution in [0.1, 0.15) is 5.82 Å². The number of hydrogen-bond acceptors (Lipinski definition) is 5. The maximum absolute atomic E-state index is 10.9. The first-order valence-corrected chi connectivity index (χ1v) is 5.98. The van der Waals surface area contributed by atoms with Gasteiger partial charge in [-0.25, -0.2) is 4.98 Å². The molecule has 0 unspecified atom stereocenters. The highest BCUT2D eigenvalue weighted by Gasteiger charge is 2.13. The zero-order valence-corrected chi connectivity index (χ0v) is 10.8. The van der Waals surface area contributed by atoms with Crippen LogP contribution in [0.5, 0.6) is 0 Å². The molecule has 0 aliphatic heterocycles. The van der Waals surface area contributed by atoms with E-state index >= 15 is 0 Å². The molecule has 94 valence electrons. The highest BCUT2D eigenvalue weighted by atomic mass is 79.9. The lowest BCUT2D eigenvalue weighted by atomic mass is 10.2. The fraction of sp³-hybridized carbons (Fsp3) is 0.200. The summed E-state index contributed by atoms with van der Waals surface area (Å²) in [4.78, 5) is 14.4. The highest BCUT2D eigenvalue weighted by molar-refractivity contribution is 9.10. The van der Waals surface area contributed by atoms with Crippen LogP contribution in [0.25, 0.3) is 0 Å². The van der Waals surface area contributed by atoms with E-state index in [4.69, 9.17) is 0 Å². The first kappa shape index (κ1) is 12.5. The van der Waals surface area contributed by atoms with Gasteiger partial charge in [0.2, 0.25) is 0 Å². The summed E-state index contributed by atoms with van der Waals surface area (Å²) in [5.41, 5.74) is 0.532. The maximum Gasteiger partial charge on any atom is 0.293 e. The first-order valence-electron chi connectivity index (χ1n) is 5.19. The minimum absolute atomic E-state index is 0.0435. The average Bonchev–Trinajstić information content (AvgIpc) is 2.84. The van der Waals surface area contributed by atoms with Gasteiger partial charge in [0, 0.05) is 23.5 Å². The minimum atomic E-state index is -0.415. The Morgan fingerprint density at radius 3 is 3.00 bits per heavy atom. The Bertz CT molecular complexity index is 543. The molecule has 0 aliphatic rings. The predicted molar refractivity (Wildman–Crippen MR) is 69.4 cm³/mol. The largest absolute Gasteiger partial charge is 0.379 e. The lowest BCUT2D eigenvalue weighted by molar-refractivity contribution is -0.384. The van der Waals surface area contributed by atoms with Gasteiger partial charge >= 0.3 is 0 Å². The molecule has 2 rings (SSSR count). The number of nitrogens with zero attached hydrogens (tertiary/aromatic N) is 3. The van der Waals surface area contributed by atoms with Gasteiger partial charge in [-0.3, -0.25) is 15.2 Å². The smallest absolute Gasteiger partial charge is 0.293 e. The fourth-order valence-corrected chi connectivity index (χ4v) is 1.82. The fourth-order valence-electron chi connectivity index (χ4n) is 1.47. The predicted octanol–water partition coefficient (Wildman–Crippen LogP) is 2.13. The van der Waals surface area contributed by atoms with Crippen LogP contribution in [0.2, 0.25) is 0 Å². The molecule has 8 heteroatoms. The molecule has 0 saturated heterocycles. The first-order chi connectivity index (χ1) is 8.66. The molecule has 0 aliphatic carbocycles. The molecular formula is C10H10BrN5O2. The van der Waals surface area contributed by atoms with Crippen molar-refractivity contribution in [2.45, 2.75) is 6.42 Å². The summed E-state index contributed by atoms with van der Waals surface area (Å²) >= 11 is 3.21. The van der Waals surface area contributed by atoms with Gasteiger partial charge in [-0.15, -0.1) is 0 Å². The Balaban J connectivity index is 2.02. The number of halogens is 1. The topological polar surface area (TPSA) is 96.7 Å². The molecule has 2 N–H and O–H groups in total. The molecule has 0 amide bonds. The van der Waals surface area contributed by atoms with Crippen molar-refractivity contribution in [2.24, 2.45) is 0 Å². The van der Waals surface area contributed by atoms with Crippen LogP contribution in [-0.4, -0.2) is 26.6 Å². The van der Waals surface area contributed by atoms with Crippen LogP contribution >= 0.6 is 15.9 Å². The number of nitro benzene ring substituents is 1. The van der Waals surface area contributed by atoms with Crippen LogP contribution in [-0.2, 0) is 6.42 Å². The normalized spacial score (nSPS) is 10.3. The standard InChI is InChI=1S/C10H10BrN5O2/c11-7-1-2-8(9(5-7)16(17)18)12-4-3-10-13-6-14-15-10/h1-2,5-6,12H,3-4H2,(H,13,14,15). The van der Waals surface area contributed by atoms with Gasteiger partial charge in [0.15, 0.2) is 0 Å². The van der Waals surface area contributed by atoms with Crippen LogP contribution < -0.4 is 5.32 Å². The molecule has 7 nitrogen and oxygen atoms in total. The van der Waals surface area contributed by atoms with E-state index < -0.39 is 4.92 Å². The molecule has 1 heterocycles. The summed E-state index contributed by atoms with van der Waals surface area (Å²) in [6.07, 6.45) is 2.05. The summed E-state index contributed by atoms with van der Waals surface area (Å²) < 4.78 is 0.676. The molecule has 0 fully saturated rings. The Labute approximate surface area is 111 Å². The number of nitro groups is 1. The minimum Gasteiger partial charge on any atom is -0.379 e. The second-order valence-corrected chi connectivity index (χ2v) is 4.44. The third-order valence-corrected chi connectivity index (χ3v) is 2.79. The summed E-state index contributed by atoms with van der Waals surface area (Å²) in [7, 11) is 0. The maximum atomic E-state index is 10.9. The highest BCUT2D eigenvalue weighted by Crippen LogP contribution is 2.27. The third-order valence-electron chi connectivity index (χ3n) is 2.30. The molecule has 0 saturated carbocycles. The van der Waals surface area contributed by atoms with Crippen molar-refractivity contribution in [1.82, 2.24) is 15.2 Å². The van der Waals surface area contributed by atoms with Crippen molar-refractivity contribution in [3.05, 3.63) is 44.9 Å². The van der Waals surface area contributed by atoms with Crippen molar-refractivity contribution in [3.63, 3.8) is 0 Å². The molecule has 18 heavy (non-hydrogen) atoms. The Kier molecular flexibility index (Phi) is 3.88. The number of aromatic nitrogens is 3. The zero-order valence-electron chi connectivity index (χ0n) is 9.26. The van der Waals surface area contributed by atoms with Crippen molar-refractivity contribution in [2.75, 3.05) is 11.9 Å². The number of aromatic amines is 1. The van der Waals surface area contributed by atoms with Crippen molar-refractivity contribution >= 4 is 27.3 Å². The quantitative estimate of drug-likeness (QED) is 0.651. The number of H-pyrrole nitrogens is 1. The van der Waals surface area contributed by atoms with E-state index in [-0.39, 0.29) is 5.69 Å². The summed E-state index contributed by atoms with van der Waals surface area (Å²) in [6.45, 7) is 0.539. The Hall–Kier alpha value is -1.96. The second-order valence-electron chi connectivity index (χ2n) is 3.53. The van der Waals surface area contributed by atoms with Gasteiger partial charge in [0.1, 0.15) is 17.8 Å². The lowest BCUT2D eigenvalue weighted by Crippen LogP contribution is -2.07. The number of nitrogens with one attached hydrogen (secondary N) is 2. The molecule has 0 radical (unpaired) electrons. The monoisotopic (exact) mass is 311 g/mol. The lowest BCUT2D eigenvalue weighted by Gasteiger charge is -2.06. The van der Waals surface area contributed by atoms with Crippen LogP contribution in [0, 0.1) is 10.1 Å². The Morgan fingerprint density at radius 2 is 2.33 bits per heavy atom. The third kappa shape index (κ3) is 3.04. The molecule has 0 bridgehead atoms.